The highest BCUT2D eigenvalue weighted by atomic mass is 32.1. The van der Waals surface area contributed by atoms with Crippen LogP contribution in [0.5, 0.6) is 5.75 Å². The van der Waals surface area contributed by atoms with Gasteiger partial charge in [-0.1, -0.05) is 18.2 Å². The second-order valence-electron chi connectivity index (χ2n) is 6.81. The van der Waals surface area contributed by atoms with E-state index in [0.717, 1.165) is 34.9 Å². The number of methoxy groups -OCH3 is 1. The summed E-state index contributed by atoms with van der Waals surface area (Å²) in [6, 6.07) is 9.43. The van der Waals surface area contributed by atoms with Gasteiger partial charge < -0.3 is 14.6 Å². The zero-order chi connectivity index (χ0) is 18.8. The standard InChI is InChI=1S/C21H23N3O2S/c1-24-12-11-22-20(24)19(15-8-4-5-9-16(15)26-2)23-21(25)18-13-14-7-3-6-10-17(14)27-18/h4-5,8-9,11-13,19H,3,6-7,10H2,1-2H3,(H,23,25). The number of ether oxygens (including phenoxy) is 1. The van der Waals surface area contributed by atoms with Gasteiger partial charge in [0.2, 0.25) is 0 Å². The summed E-state index contributed by atoms with van der Waals surface area (Å²) in [6.07, 6.45) is 8.21. The monoisotopic (exact) mass is 381 g/mol. The first kappa shape index (κ1) is 17.8. The number of hydrogen-bond donors (Lipinski definition) is 1. The number of carbonyl (C=O) groups is 1. The van der Waals surface area contributed by atoms with Crippen LogP contribution in [0.15, 0.2) is 42.7 Å². The SMILES string of the molecule is COc1ccccc1C(NC(=O)c1cc2c(s1)CCCC2)c1nccn1C. The van der Waals surface area contributed by atoms with Gasteiger partial charge in [-0.15, -0.1) is 11.3 Å². The summed E-state index contributed by atoms with van der Waals surface area (Å²) in [5.41, 5.74) is 2.23. The molecule has 0 bridgehead atoms. The van der Waals surface area contributed by atoms with Crippen LogP contribution in [0, 0.1) is 0 Å². The highest BCUT2D eigenvalue weighted by Gasteiger charge is 2.26. The number of carbonyl (C=O) groups excluding carboxylic acids is 1. The quantitative estimate of drug-likeness (QED) is 0.729. The van der Waals surface area contributed by atoms with E-state index in [0.29, 0.717) is 0 Å². The Labute approximate surface area is 163 Å². The van der Waals surface area contributed by atoms with Crippen molar-refractivity contribution in [3.8, 4) is 5.75 Å². The van der Waals surface area contributed by atoms with Crippen molar-refractivity contribution in [2.24, 2.45) is 7.05 Å². The number of benzene rings is 1. The van der Waals surface area contributed by atoms with E-state index in [-0.39, 0.29) is 11.9 Å². The molecule has 0 saturated heterocycles. The first-order valence-electron chi connectivity index (χ1n) is 9.20. The molecule has 1 amide bonds. The number of para-hydroxylation sites is 1. The third kappa shape index (κ3) is 3.49. The molecule has 27 heavy (non-hydrogen) atoms. The van der Waals surface area contributed by atoms with Crippen molar-refractivity contribution in [1.29, 1.82) is 0 Å². The molecule has 3 aromatic rings. The molecule has 0 aliphatic heterocycles. The Balaban J connectivity index is 1.68. The van der Waals surface area contributed by atoms with Gasteiger partial charge in [-0.3, -0.25) is 4.79 Å². The second-order valence-corrected chi connectivity index (χ2v) is 7.95. The Bertz CT molecular complexity index is 936. The summed E-state index contributed by atoms with van der Waals surface area (Å²) in [6.45, 7) is 0. The molecule has 1 aliphatic carbocycles. The predicted octanol–water partition coefficient (Wildman–Crippen LogP) is 3.89. The van der Waals surface area contributed by atoms with Gasteiger partial charge in [-0.25, -0.2) is 4.98 Å². The zero-order valence-corrected chi connectivity index (χ0v) is 16.4. The molecule has 2 aromatic heterocycles. The first-order valence-corrected chi connectivity index (χ1v) is 10.0. The van der Waals surface area contributed by atoms with E-state index < -0.39 is 0 Å². The minimum Gasteiger partial charge on any atom is -0.496 e. The number of fused-ring (bicyclic) bond motifs is 1. The smallest absolute Gasteiger partial charge is 0.262 e. The maximum Gasteiger partial charge on any atom is 0.262 e. The van der Waals surface area contributed by atoms with E-state index in [1.165, 1.54) is 23.3 Å². The normalized spacial score (nSPS) is 14.4. The molecule has 0 fully saturated rings. The third-order valence-electron chi connectivity index (χ3n) is 5.06. The summed E-state index contributed by atoms with van der Waals surface area (Å²) in [4.78, 5) is 19.7. The number of aryl methyl sites for hydroxylation is 3. The average Bonchev–Trinajstić information content (AvgIpc) is 3.32. The van der Waals surface area contributed by atoms with Gasteiger partial charge in [0.25, 0.3) is 5.91 Å². The van der Waals surface area contributed by atoms with E-state index in [1.807, 2.05) is 42.1 Å². The Morgan fingerprint density at radius 2 is 2.11 bits per heavy atom. The maximum absolute atomic E-state index is 13.1. The Hall–Kier alpha value is -2.60. The molecule has 140 valence electrons. The minimum atomic E-state index is -0.382. The van der Waals surface area contributed by atoms with Crippen molar-refractivity contribution in [1.82, 2.24) is 14.9 Å². The van der Waals surface area contributed by atoms with Gasteiger partial charge in [0.15, 0.2) is 0 Å². The van der Waals surface area contributed by atoms with E-state index in [4.69, 9.17) is 4.74 Å². The Morgan fingerprint density at radius 3 is 2.85 bits per heavy atom. The summed E-state index contributed by atoms with van der Waals surface area (Å²) in [7, 11) is 3.57. The molecule has 1 atom stereocenters. The maximum atomic E-state index is 13.1. The van der Waals surface area contributed by atoms with Crippen LogP contribution < -0.4 is 10.1 Å². The largest absolute Gasteiger partial charge is 0.496 e. The van der Waals surface area contributed by atoms with Crippen LogP contribution in [-0.4, -0.2) is 22.6 Å². The Kier molecular flexibility index (Phi) is 4.99. The van der Waals surface area contributed by atoms with Gasteiger partial charge in [-0.05, 0) is 43.4 Å². The molecule has 1 N–H and O–H groups in total. The number of imidazole rings is 1. The highest BCUT2D eigenvalue weighted by Crippen LogP contribution is 2.32. The zero-order valence-electron chi connectivity index (χ0n) is 15.6. The van der Waals surface area contributed by atoms with Crippen molar-refractivity contribution in [2.45, 2.75) is 31.7 Å². The van der Waals surface area contributed by atoms with Gasteiger partial charge in [0.1, 0.15) is 17.6 Å². The topological polar surface area (TPSA) is 56.1 Å². The minimum absolute atomic E-state index is 0.0618. The average molecular weight is 382 g/mol. The van der Waals surface area contributed by atoms with Crippen molar-refractivity contribution < 1.29 is 9.53 Å². The molecule has 0 saturated carbocycles. The number of nitrogens with zero attached hydrogens (tertiary/aromatic N) is 2. The highest BCUT2D eigenvalue weighted by molar-refractivity contribution is 7.14. The molecule has 5 nitrogen and oxygen atoms in total. The van der Waals surface area contributed by atoms with Crippen LogP contribution in [0.1, 0.15) is 50.4 Å². The lowest BCUT2D eigenvalue weighted by molar-refractivity contribution is 0.0945. The molecule has 2 heterocycles. The van der Waals surface area contributed by atoms with Crippen molar-refractivity contribution in [3.05, 3.63) is 69.4 Å². The fourth-order valence-electron chi connectivity index (χ4n) is 3.65. The molecule has 1 unspecified atom stereocenters. The van der Waals surface area contributed by atoms with E-state index >= 15 is 0 Å². The lowest BCUT2D eigenvalue weighted by Gasteiger charge is -2.21. The number of thiophene rings is 1. The van der Waals surface area contributed by atoms with Crippen LogP contribution in [0.4, 0.5) is 0 Å². The van der Waals surface area contributed by atoms with Gasteiger partial charge in [0.05, 0.1) is 12.0 Å². The lowest BCUT2D eigenvalue weighted by Crippen LogP contribution is -2.31. The number of hydrogen-bond acceptors (Lipinski definition) is 4. The summed E-state index contributed by atoms with van der Waals surface area (Å²) in [5, 5.41) is 3.18. The molecule has 4 rings (SSSR count). The molecule has 1 aliphatic rings. The van der Waals surface area contributed by atoms with Crippen molar-refractivity contribution in [3.63, 3.8) is 0 Å². The van der Waals surface area contributed by atoms with Crippen molar-refractivity contribution >= 4 is 17.2 Å². The molecule has 1 aromatic carbocycles. The number of nitrogens with one attached hydrogen (secondary N) is 1. The van der Waals surface area contributed by atoms with E-state index in [2.05, 4.69) is 16.4 Å². The molecular formula is C21H23N3O2S. The van der Waals surface area contributed by atoms with Gasteiger partial charge in [-0.2, -0.15) is 0 Å². The van der Waals surface area contributed by atoms with Crippen LogP contribution in [0.2, 0.25) is 0 Å². The molecular weight excluding hydrogens is 358 g/mol. The second kappa shape index (κ2) is 7.56. The fraction of sp³-hybridized carbons (Fsp3) is 0.333. The fourth-order valence-corrected chi connectivity index (χ4v) is 4.80. The van der Waals surface area contributed by atoms with Crippen LogP contribution in [-0.2, 0) is 19.9 Å². The lowest BCUT2D eigenvalue weighted by atomic mass is 9.99. The van der Waals surface area contributed by atoms with Crippen LogP contribution >= 0.6 is 11.3 Å². The summed E-state index contributed by atoms with van der Waals surface area (Å²) >= 11 is 1.62. The first-order chi connectivity index (χ1) is 13.2. The molecule has 0 spiro atoms. The Morgan fingerprint density at radius 1 is 1.30 bits per heavy atom. The van der Waals surface area contributed by atoms with E-state index in [9.17, 15) is 4.79 Å². The number of aromatic nitrogens is 2. The third-order valence-corrected chi connectivity index (χ3v) is 6.30. The van der Waals surface area contributed by atoms with E-state index in [1.54, 1.807) is 24.6 Å². The number of amides is 1. The summed E-state index contributed by atoms with van der Waals surface area (Å²) in [5.74, 6) is 1.44. The molecule has 0 radical (unpaired) electrons. The number of rotatable bonds is 5. The predicted molar refractivity (Wildman–Crippen MR) is 106 cm³/mol. The van der Waals surface area contributed by atoms with Gasteiger partial charge >= 0.3 is 0 Å². The van der Waals surface area contributed by atoms with Crippen LogP contribution in [0.3, 0.4) is 0 Å². The van der Waals surface area contributed by atoms with Crippen LogP contribution in [0.25, 0.3) is 0 Å². The van der Waals surface area contributed by atoms with Gasteiger partial charge in [0, 0.05) is 29.9 Å². The summed E-state index contributed by atoms with van der Waals surface area (Å²) < 4.78 is 7.46. The molecule has 6 heteroatoms. The van der Waals surface area contributed by atoms with Crippen molar-refractivity contribution in [2.75, 3.05) is 7.11 Å².